The summed E-state index contributed by atoms with van der Waals surface area (Å²) in [5.74, 6) is 0.123. The van der Waals surface area contributed by atoms with Gasteiger partial charge in [0.15, 0.2) is 0 Å². The van der Waals surface area contributed by atoms with Crippen molar-refractivity contribution in [1.82, 2.24) is 9.88 Å². The first-order chi connectivity index (χ1) is 11.8. The molecule has 1 amide bonds. The van der Waals surface area contributed by atoms with Crippen LogP contribution in [0.4, 0.5) is 5.69 Å². The molecule has 4 heterocycles. The maximum atomic E-state index is 12.7. The Kier molecular flexibility index (Phi) is 4.24. The van der Waals surface area contributed by atoms with Crippen LogP contribution in [-0.2, 0) is 4.74 Å². The summed E-state index contributed by atoms with van der Waals surface area (Å²) >= 11 is 1.56. The summed E-state index contributed by atoms with van der Waals surface area (Å²) in [5.41, 5.74) is 1.65. The number of hydrogen-bond acceptors (Lipinski definition) is 5. The Morgan fingerprint density at radius 1 is 1.29 bits per heavy atom. The summed E-state index contributed by atoms with van der Waals surface area (Å²) in [6, 6.07) is 5.95. The van der Waals surface area contributed by atoms with Crippen LogP contribution in [0.25, 0.3) is 0 Å². The molecule has 0 aromatic carbocycles. The number of pyridine rings is 1. The van der Waals surface area contributed by atoms with Crippen LogP contribution < -0.4 is 4.90 Å². The van der Waals surface area contributed by atoms with Gasteiger partial charge in [-0.2, -0.15) is 11.3 Å². The quantitative estimate of drug-likeness (QED) is 0.841. The molecular weight excluding hydrogens is 322 g/mol. The molecular formula is C18H21N3O2S. The molecule has 2 saturated heterocycles. The van der Waals surface area contributed by atoms with Crippen molar-refractivity contribution in [3.8, 4) is 0 Å². The Balaban J connectivity index is 1.50. The van der Waals surface area contributed by atoms with Crippen molar-refractivity contribution >= 4 is 22.9 Å². The van der Waals surface area contributed by atoms with Crippen LogP contribution in [0.15, 0.2) is 41.4 Å². The van der Waals surface area contributed by atoms with Crippen molar-refractivity contribution in [3.63, 3.8) is 0 Å². The van der Waals surface area contributed by atoms with E-state index in [0.717, 1.165) is 37.2 Å². The first kappa shape index (κ1) is 15.6. The highest BCUT2D eigenvalue weighted by Crippen LogP contribution is 2.32. The van der Waals surface area contributed by atoms with Crippen LogP contribution in [0.1, 0.15) is 23.2 Å². The minimum absolute atomic E-state index is 0.123. The molecule has 0 radical (unpaired) electrons. The van der Waals surface area contributed by atoms with Crippen LogP contribution >= 0.6 is 11.3 Å². The van der Waals surface area contributed by atoms with Gasteiger partial charge in [0.25, 0.3) is 5.91 Å². The van der Waals surface area contributed by atoms with Crippen molar-refractivity contribution in [2.75, 3.05) is 37.7 Å². The molecule has 2 aromatic heterocycles. The average molecular weight is 343 g/mol. The first-order valence-electron chi connectivity index (χ1n) is 8.36. The summed E-state index contributed by atoms with van der Waals surface area (Å²) in [4.78, 5) is 21.2. The topological polar surface area (TPSA) is 45.7 Å². The number of carbonyl (C=O) groups is 1. The maximum Gasteiger partial charge on any atom is 0.254 e. The molecule has 2 fully saturated rings. The van der Waals surface area contributed by atoms with Crippen LogP contribution in [0.5, 0.6) is 0 Å². The lowest BCUT2D eigenvalue weighted by atomic mass is 9.90. The van der Waals surface area contributed by atoms with Crippen molar-refractivity contribution in [2.45, 2.75) is 18.4 Å². The average Bonchev–Trinajstić information content (AvgIpc) is 3.17. The van der Waals surface area contributed by atoms with E-state index >= 15 is 0 Å². The number of morpholine rings is 1. The molecule has 0 N–H and O–H groups in total. The molecule has 2 aromatic rings. The highest BCUT2D eigenvalue weighted by molar-refractivity contribution is 7.08. The summed E-state index contributed by atoms with van der Waals surface area (Å²) in [6.45, 7) is 3.76. The Hall–Kier alpha value is -1.92. The molecule has 4 rings (SSSR count). The monoisotopic (exact) mass is 343 g/mol. The Labute approximate surface area is 145 Å². The Morgan fingerprint density at radius 2 is 2.25 bits per heavy atom. The number of thiophene rings is 1. The lowest BCUT2D eigenvalue weighted by molar-refractivity contribution is -0.105. The molecule has 0 saturated carbocycles. The summed E-state index contributed by atoms with van der Waals surface area (Å²) in [5, 5.41) is 3.88. The van der Waals surface area contributed by atoms with Gasteiger partial charge in [-0.25, -0.2) is 0 Å². The molecule has 1 spiro atoms. The number of hydrogen-bond donors (Lipinski definition) is 0. The molecule has 5 nitrogen and oxygen atoms in total. The van der Waals surface area contributed by atoms with E-state index in [4.69, 9.17) is 4.74 Å². The van der Waals surface area contributed by atoms with E-state index in [1.54, 1.807) is 17.5 Å². The highest BCUT2D eigenvalue weighted by atomic mass is 32.1. The predicted molar refractivity (Wildman–Crippen MR) is 94.6 cm³/mol. The largest absolute Gasteiger partial charge is 0.369 e. The van der Waals surface area contributed by atoms with E-state index in [-0.39, 0.29) is 11.5 Å². The van der Waals surface area contributed by atoms with Crippen LogP contribution in [-0.4, -0.2) is 54.2 Å². The number of carbonyl (C=O) groups excluding carboxylic acids is 1. The van der Waals surface area contributed by atoms with Crippen LogP contribution in [0, 0.1) is 0 Å². The molecule has 0 bridgehead atoms. The van der Waals surface area contributed by atoms with Crippen molar-refractivity contribution in [3.05, 3.63) is 46.9 Å². The van der Waals surface area contributed by atoms with Gasteiger partial charge in [-0.1, -0.05) is 0 Å². The lowest BCUT2D eigenvalue weighted by Gasteiger charge is -2.48. The number of amides is 1. The van der Waals surface area contributed by atoms with Crippen LogP contribution in [0.2, 0.25) is 0 Å². The summed E-state index contributed by atoms with van der Waals surface area (Å²) < 4.78 is 6.20. The van der Waals surface area contributed by atoms with Crippen molar-refractivity contribution in [2.24, 2.45) is 0 Å². The van der Waals surface area contributed by atoms with Gasteiger partial charge >= 0.3 is 0 Å². The standard InChI is InChI=1S/C18H21N3O2S/c22-17(15-4-10-24-12-15)21-8-9-23-18(14-21)5-2-7-20(13-18)16-3-1-6-19-11-16/h1,3-4,6,10-12H,2,5,7-9,13-14H2/t18-/m0/s1. The number of aromatic nitrogens is 1. The number of piperidine rings is 1. The van der Waals surface area contributed by atoms with E-state index in [2.05, 4.69) is 16.0 Å². The number of nitrogens with zero attached hydrogens (tertiary/aromatic N) is 3. The Bertz CT molecular complexity index is 688. The third-order valence-electron chi connectivity index (χ3n) is 4.85. The second-order valence-electron chi connectivity index (χ2n) is 6.51. The third-order valence-corrected chi connectivity index (χ3v) is 5.54. The van der Waals surface area contributed by atoms with Gasteiger partial charge in [0.2, 0.25) is 0 Å². The molecule has 0 aliphatic carbocycles. The smallest absolute Gasteiger partial charge is 0.254 e. The molecule has 1 atom stereocenters. The minimum Gasteiger partial charge on any atom is -0.369 e. The van der Waals surface area contributed by atoms with Gasteiger partial charge in [0.05, 0.1) is 30.6 Å². The molecule has 126 valence electrons. The van der Waals surface area contributed by atoms with Crippen molar-refractivity contribution < 1.29 is 9.53 Å². The zero-order chi connectivity index (χ0) is 16.4. The minimum atomic E-state index is -0.266. The zero-order valence-corrected chi connectivity index (χ0v) is 14.4. The van der Waals surface area contributed by atoms with Gasteiger partial charge in [0.1, 0.15) is 5.60 Å². The van der Waals surface area contributed by atoms with E-state index in [0.29, 0.717) is 19.7 Å². The fourth-order valence-corrected chi connectivity index (χ4v) is 4.32. The van der Waals surface area contributed by atoms with Gasteiger partial charge < -0.3 is 14.5 Å². The third kappa shape index (κ3) is 3.03. The zero-order valence-electron chi connectivity index (χ0n) is 13.6. The SMILES string of the molecule is O=C(c1ccsc1)N1CCO[C@]2(CCCN(c3cccnc3)C2)C1. The fraction of sp³-hybridized carbons (Fsp3) is 0.444. The molecule has 2 aliphatic rings. The molecule has 2 aliphatic heterocycles. The second kappa shape index (κ2) is 6.53. The molecule has 6 heteroatoms. The number of ether oxygens (including phenoxy) is 1. The van der Waals surface area contributed by atoms with E-state index in [1.807, 2.05) is 34.0 Å². The van der Waals surface area contributed by atoms with Gasteiger partial charge in [-0.15, -0.1) is 0 Å². The molecule has 0 unspecified atom stereocenters. The van der Waals surface area contributed by atoms with Gasteiger partial charge in [0, 0.05) is 31.2 Å². The normalized spacial score (nSPS) is 24.3. The van der Waals surface area contributed by atoms with E-state index in [9.17, 15) is 4.79 Å². The van der Waals surface area contributed by atoms with Gasteiger partial charge in [-0.3, -0.25) is 9.78 Å². The second-order valence-corrected chi connectivity index (χ2v) is 7.29. The van der Waals surface area contributed by atoms with Crippen molar-refractivity contribution in [1.29, 1.82) is 0 Å². The summed E-state index contributed by atoms with van der Waals surface area (Å²) in [7, 11) is 0. The number of rotatable bonds is 2. The van der Waals surface area contributed by atoms with E-state index in [1.165, 1.54) is 0 Å². The predicted octanol–water partition coefficient (Wildman–Crippen LogP) is 2.65. The Morgan fingerprint density at radius 3 is 3.04 bits per heavy atom. The van der Waals surface area contributed by atoms with E-state index < -0.39 is 0 Å². The summed E-state index contributed by atoms with van der Waals surface area (Å²) in [6.07, 6.45) is 5.75. The van der Waals surface area contributed by atoms with Crippen LogP contribution in [0.3, 0.4) is 0 Å². The number of anilines is 1. The lowest BCUT2D eigenvalue weighted by Crippen LogP contribution is -2.60. The maximum absolute atomic E-state index is 12.7. The first-order valence-corrected chi connectivity index (χ1v) is 9.31. The molecule has 24 heavy (non-hydrogen) atoms. The fourth-order valence-electron chi connectivity index (χ4n) is 3.69. The highest BCUT2D eigenvalue weighted by Gasteiger charge is 2.42. The van der Waals surface area contributed by atoms with Gasteiger partial charge in [-0.05, 0) is 36.4 Å².